The van der Waals surface area contributed by atoms with Crippen molar-refractivity contribution < 1.29 is 14.3 Å². The van der Waals surface area contributed by atoms with Crippen LogP contribution in [0, 0.1) is 5.41 Å². The van der Waals surface area contributed by atoms with E-state index in [-0.39, 0.29) is 17.5 Å². The molecular weight excluding hydrogens is 180 g/mol. The summed E-state index contributed by atoms with van der Waals surface area (Å²) in [6.07, 6.45) is 3.10. The average Bonchev–Trinajstić information content (AvgIpc) is 2.80. The molecule has 0 spiro atoms. The maximum atomic E-state index is 11.5. The van der Waals surface area contributed by atoms with Gasteiger partial charge in [0, 0.05) is 6.61 Å². The molecule has 82 valence electrons. The van der Waals surface area contributed by atoms with Crippen LogP contribution in [0.5, 0.6) is 0 Å². The summed E-state index contributed by atoms with van der Waals surface area (Å²) in [7, 11) is 0. The lowest BCUT2D eigenvalue weighted by molar-refractivity contribution is -0.150. The second-order valence-electron chi connectivity index (χ2n) is 4.06. The minimum absolute atomic E-state index is 0.0908. The van der Waals surface area contributed by atoms with Gasteiger partial charge < -0.3 is 9.47 Å². The molecule has 1 rings (SSSR count). The van der Waals surface area contributed by atoms with E-state index in [0.717, 1.165) is 25.9 Å². The van der Waals surface area contributed by atoms with Gasteiger partial charge in [0.25, 0.3) is 0 Å². The van der Waals surface area contributed by atoms with Crippen molar-refractivity contribution in [2.24, 2.45) is 5.41 Å². The number of ether oxygens (including phenoxy) is 2. The molecule has 0 N–H and O–H groups in total. The normalized spacial score (nSPS) is 30.1. The molecule has 0 amide bonds. The van der Waals surface area contributed by atoms with Crippen LogP contribution >= 0.6 is 0 Å². The van der Waals surface area contributed by atoms with Crippen LogP contribution in [0.3, 0.4) is 0 Å². The highest BCUT2D eigenvalue weighted by atomic mass is 16.5. The fraction of sp³-hybridized carbons (Fsp3) is 0.909. The van der Waals surface area contributed by atoms with Gasteiger partial charge in [-0.25, -0.2) is 0 Å². The Morgan fingerprint density at radius 3 is 2.79 bits per heavy atom. The van der Waals surface area contributed by atoms with Crippen molar-refractivity contribution in [2.75, 3.05) is 13.2 Å². The van der Waals surface area contributed by atoms with Crippen molar-refractivity contribution in [3.8, 4) is 0 Å². The summed E-state index contributed by atoms with van der Waals surface area (Å²) in [6, 6.07) is 0. The molecule has 2 atom stereocenters. The number of hydrogen-bond donors (Lipinski definition) is 0. The van der Waals surface area contributed by atoms with Gasteiger partial charge in [0.05, 0.1) is 18.1 Å². The van der Waals surface area contributed by atoms with E-state index >= 15 is 0 Å². The van der Waals surface area contributed by atoms with E-state index < -0.39 is 0 Å². The average molecular weight is 200 g/mol. The smallest absolute Gasteiger partial charge is 0.314 e. The van der Waals surface area contributed by atoms with Gasteiger partial charge >= 0.3 is 5.97 Å². The Balaban J connectivity index is 2.24. The zero-order valence-corrected chi connectivity index (χ0v) is 9.34. The molecule has 1 aliphatic carbocycles. The van der Waals surface area contributed by atoms with E-state index in [4.69, 9.17) is 9.47 Å². The van der Waals surface area contributed by atoms with E-state index in [1.54, 1.807) is 0 Å². The van der Waals surface area contributed by atoms with Crippen LogP contribution in [0.2, 0.25) is 0 Å². The Bertz CT molecular complexity index is 203. The molecule has 0 bridgehead atoms. The largest absolute Gasteiger partial charge is 0.465 e. The Morgan fingerprint density at radius 2 is 2.21 bits per heavy atom. The summed E-state index contributed by atoms with van der Waals surface area (Å²) in [5, 5.41) is 0. The summed E-state index contributed by atoms with van der Waals surface area (Å²) < 4.78 is 10.6. The van der Waals surface area contributed by atoms with Gasteiger partial charge in [-0.3, -0.25) is 4.79 Å². The van der Waals surface area contributed by atoms with Gasteiger partial charge in [0.1, 0.15) is 0 Å². The summed E-state index contributed by atoms with van der Waals surface area (Å²) in [5.41, 5.74) is -0.357. The number of hydrogen-bond acceptors (Lipinski definition) is 3. The SMILES string of the molecule is CCCCO[C@H]1C[C@]1(C)C(=O)OCC. The van der Waals surface area contributed by atoms with E-state index in [0.29, 0.717) is 6.61 Å². The fourth-order valence-corrected chi connectivity index (χ4v) is 1.45. The first-order valence-electron chi connectivity index (χ1n) is 5.44. The monoisotopic (exact) mass is 200 g/mol. The van der Waals surface area contributed by atoms with Gasteiger partial charge in [-0.05, 0) is 26.7 Å². The molecule has 0 heterocycles. The summed E-state index contributed by atoms with van der Waals surface area (Å²) >= 11 is 0. The number of carbonyl (C=O) groups is 1. The van der Waals surface area contributed by atoms with E-state index in [9.17, 15) is 4.79 Å². The topological polar surface area (TPSA) is 35.5 Å². The third-order valence-electron chi connectivity index (χ3n) is 2.72. The Kier molecular flexibility index (Phi) is 3.93. The number of unbranched alkanes of at least 4 members (excludes halogenated alkanes) is 1. The predicted octanol–water partition coefficient (Wildman–Crippen LogP) is 2.14. The lowest BCUT2D eigenvalue weighted by Gasteiger charge is -2.10. The van der Waals surface area contributed by atoms with Crippen LogP contribution < -0.4 is 0 Å². The molecule has 1 saturated carbocycles. The Hall–Kier alpha value is -0.570. The molecule has 0 aromatic heterocycles. The molecule has 0 unspecified atom stereocenters. The molecule has 3 heteroatoms. The van der Waals surface area contributed by atoms with Crippen molar-refractivity contribution >= 4 is 5.97 Å². The number of carbonyl (C=O) groups excluding carboxylic acids is 1. The molecule has 0 radical (unpaired) electrons. The van der Waals surface area contributed by atoms with Crippen molar-refractivity contribution in [2.45, 2.75) is 46.1 Å². The third kappa shape index (κ3) is 2.47. The molecule has 0 aromatic carbocycles. The second-order valence-corrected chi connectivity index (χ2v) is 4.06. The molecule has 3 nitrogen and oxygen atoms in total. The molecule has 0 saturated heterocycles. The first-order chi connectivity index (χ1) is 6.65. The van der Waals surface area contributed by atoms with E-state index in [2.05, 4.69) is 6.92 Å². The Morgan fingerprint density at radius 1 is 1.50 bits per heavy atom. The van der Waals surface area contributed by atoms with Crippen LogP contribution in [0.15, 0.2) is 0 Å². The van der Waals surface area contributed by atoms with Gasteiger partial charge in [-0.1, -0.05) is 13.3 Å². The number of rotatable bonds is 6. The van der Waals surface area contributed by atoms with Crippen LogP contribution in [0.25, 0.3) is 0 Å². The predicted molar refractivity (Wildman–Crippen MR) is 54.0 cm³/mol. The van der Waals surface area contributed by atoms with Crippen molar-refractivity contribution in [1.82, 2.24) is 0 Å². The fourth-order valence-electron chi connectivity index (χ4n) is 1.45. The molecule has 0 aliphatic heterocycles. The van der Waals surface area contributed by atoms with Gasteiger partial charge in [-0.2, -0.15) is 0 Å². The Labute approximate surface area is 85.8 Å². The zero-order chi connectivity index (χ0) is 10.6. The van der Waals surface area contributed by atoms with Gasteiger partial charge in [-0.15, -0.1) is 0 Å². The van der Waals surface area contributed by atoms with Crippen molar-refractivity contribution in [1.29, 1.82) is 0 Å². The molecule has 0 aromatic rings. The van der Waals surface area contributed by atoms with Crippen LogP contribution in [-0.4, -0.2) is 25.3 Å². The summed E-state index contributed by atoms with van der Waals surface area (Å²) in [5.74, 6) is -0.110. The van der Waals surface area contributed by atoms with E-state index in [1.165, 1.54) is 0 Å². The summed E-state index contributed by atoms with van der Waals surface area (Å²) in [4.78, 5) is 11.5. The maximum Gasteiger partial charge on any atom is 0.314 e. The van der Waals surface area contributed by atoms with Crippen LogP contribution in [0.4, 0.5) is 0 Å². The minimum atomic E-state index is -0.357. The molecule has 1 aliphatic rings. The second kappa shape index (κ2) is 4.78. The van der Waals surface area contributed by atoms with Crippen molar-refractivity contribution in [3.05, 3.63) is 0 Å². The standard InChI is InChI=1S/C11H20O3/c1-4-6-7-14-9-8-11(9,3)10(12)13-5-2/h9H,4-8H2,1-3H3/t9-,11-/m0/s1. The quantitative estimate of drug-likeness (QED) is 0.487. The highest BCUT2D eigenvalue weighted by Crippen LogP contribution is 2.48. The lowest BCUT2D eigenvalue weighted by atomic mass is 10.1. The van der Waals surface area contributed by atoms with E-state index in [1.807, 2.05) is 13.8 Å². The maximum absolute atomic E-state index is 11.5. The third-order valence-corrected chi connectivity index (χ3v) is 2.72. The minimum Gasteiger partial charge on any atom is -0.465 e. The van der Waals surface area contributed by atoms with Crippen molar-refractivity contribution in [3.63, 3.8) is 0 Å². The first-order valence-corrected chi connectivity index (χ1v) is 5.44. The summed E-state index contributed by atoms with van der Waals surface area (Å²) in [6.45, 7) is 7.09. The van der Waals surface area contributed by atoms with Crippen LogP contribution in [0.1, 0.15) is 40.0 Å². The van der Waals surface area contributed by atoms with Gasteiger partial charge in [0.2, 0.25) is 0 Å². The molecule has 14 heavy (non-hydrogen) atoms. The van der Waals surface area contributed by atoms with Crippen LogP contribution in [-0.2, 0) is 14.3 Å². The van der Waals surface area contributed by atoms with Gasteiger partial charge in [0.15, 0.2) is 0 Å². The zero-order valence-electron chi connectivity index (χ0n) is 9.34. The first kappa shape index (κ1) is 11.5. The lowest BCUT2D eigenvalue weighted by Crippen LogP contribution is -2.20. The number of esters is 1. The molecule has 1 fully saturated rings. The highest BCUT2D eigenvalue weighted by Gasteiger charge is 2.58. The highest BCUT2D eigenvalue weighted by molar-refractivity contribution is 5.80. The molecular formula is C11H20O3.